The van der Waals surface area contributed by atoms with E-state index in [2.05, 4.69) is 6.58 Å². The van der Waals surface area contributed by atoms with Crippen LogP contribution >= 0.6 is 0 Å². The first-order valence-electron chi connectivity index (χ1n) is 1.81. The van der Waals surface area contributed by atoms with Gasteiger partial charge in [0, 0.05) is 0 Å². The van der Waals surface area contributed by atoms with Crippen molar-refractivity contribution in [1.29, 1.82) is 0 Å². The molecule has 0 aliphatic heterocycles. The van der Waals surface area contributed by atoms with Gasteiger partial charge in [-0.2, -0.15) is 0 Å². The summed E-state index contributed by atoms with van der Waals surface area (Å²) in [7, 11) is 0. The van der Waals surface area contributed by atoms with Crippen LogP contribution in [0.5, 0.6) is 0 Å². The van der Waals surface area contributed by atoms with Crippen LogP contribution in [0.2, 0.25) is 0 Å². The lowest BCUT2D eigenvalue weighted by Gasteiger charge is -1.96. The molecule has 0 aliphatic rings. The van der Waals surface area contributed by atoms with Gasteiger partial charge in [-0.15, -0.1) is 0 Å². The van der Waals surface area contributed by atoms with Crippen molar-refractivity contribution in [3.8, 4) is 0 Å². The van der Waals surface area contributed by atoms with Gasteiger partial charge < -0.3 is 15.2 Å². The number of aliphatic carboxylic acids is 1. The Kier molecular flexibility index (Phi) is 2.33. The Morgan fingerprint density at radius 3 is 2.25 bits per heavy atom. The van der Waals surface area contributed by atoms with Gasteiger partial charge >= 0.3 is 0 Å². The van der Waals surface area contributed by atoms with Crippen LogP contribution in [0.3, 0.4) is 0 Å². The Hall–Kier alpha value is -1.32. The minimum absolute atomic E-state index is 0.970. The van der Waals surface area contributed by atoms with Crippen molar-refractivity contribution in [2.45, 2.75) is 0 Å². The largest absolute Gasteiger partial charge is 0.540 e. The zero-order valence-corrected chi connectivity index (χ0v) is 4.01. The van der Waals surface area contributed by atoms with Crippen LogP contribution in [-0.4, -0.2) is 11.9 Å². The molecular weight excluding hydrogens is 110 g/mol. The molecule has 0 heterocycles. The molecule has 0 aromatic carbocycles. The molecule has 0 radical (unpaired) electrons. The molecular formula is C4H4NO3-. The number of rotatable bonds is 1. The Balaban J connectivity index is 3.65. The lowest BCUT2D eigenvalue weighted by molar-refractivity contribution is -0.300. The summed E-state index contributed by atoms with van der Waals surface area (Å²) in [4.78, 5) is 19.4. The van der Waals surface area contributed by atoms with Gasteiger partial charge in [0.2, 0.25) is 0 Å². The maximum absolute atomic E-state index is 9.90. The van der Waals surface area contributed by atoms with Crippen LogP contribution in [0.15, 0.2) is 12.8 Å². The van der Waals surface area contributed by atoms with E-state index >= 15 is 0 Å². The van der Waals surface area contributed by atoms with Crippen LogP contribution in [0.25, 0.3) is 0 Å². The standard InChI is InChI=1S/C4H5NO3/c1-2-5-3(6)4(7)8/h2H,1H2,(H,5,6)(H,7,8)/p-1. The molecule has 44 valence electrons. The molecule has 0 rings (SSSR count). The molecule has 0 aromatic rings. The second kappa shape index (κ2) is 2.79. The van der Waals surface area contributed by atoms with Crippen molar-refractivity contribution in [2.75, 3.05) is 0 Å². The van der Waals surface area contributed by atoms with E-state index in [1.807, 2.05) is 5.32 Å². The predicted octanol–water partition coefficient (Wildman–Crippen LogP) is -2.00. The number of hydrogen-bond donors (Lipinski definition) is 1. The van der Waals surface area contributed by atoms with Crippen LogP contribution in [0.4, 0.5) is 0 Å². The molecule has 0 saturated carbocycles. The van der Waals surface area contributed by atoms with Gasteiger partial charge in [0.15, 0.2) is 0 Å². The summed E-state index contributed by atoms with van der Waals surface area (Å²) in [6.07, 6.45) is 0.970. The second-order valence-electron chi connectivity index (χ2n) is 0.965. The summed E-state index contributed by atoms with van der Waals surface area (Å²) < 4.78 is 0. The van der Waals surface area contributed by atoms with Gasteiger partial charge in [0.1, 0.15) is 5.97 Å². The van der Waals surface area contributed by atoms with E-state index in [9.17, 15) is 14.7 Å². The maximum Gasteiger partial charge on any atom is 0.270 e. The van der Waals surface area contributed by atoms with Crippen LogP contribution in [0, 0.1) is 0 Å². The van der Waals surface area contributed by atoms with Crippen molar-refractivity contribution < 1.29 is 14.7 Å². The van der Waals surface area contributed by atoms with Gasteiger partial charge in [0.25, 0.3) is 5.91 Å². The quantitative estimate of drug-likeness (QED) is 0.401. The Bertz CT molecular complexity index is 129. The third-order valence-corrected chi connectivity index (χ3v) is 0.419. The van der Waals surface area contributed by atoms with Gasteiger partial charge in [-0.1, -0.05) is 6.58 Å². The number of amides is 1. The lowest BCUT2D eigenvalue weighted by Crippen LogP contribution is -2.38. The van der Waals surface area contributed by atoms with E-state index in [0.717, 1.165) is 6.20 Å². The average molecular weight is 114 g/mol. The average Bonchev–Trinajstić information content (AvgIpc) is 1.67. The topological polar surface area (TPSA) is 69.2 Å². The van der Waals surface area contributed by atoms with E-state index < -0.39 is 11.9 Å². The molecule has 0 bridgehead atoms. The van der Waals surface area contributed by atoms with Gasteiger partial charge in [0.05, 0.1) is 0 Å². The third kappa shape index (κ3) is 1.96. The number of carbonyl (C=O) groups is 2. The molecule has 0 aliphatic carbocycles. The van der Waals surface area contributed by atoms with E-state index in [1.165, 1.54) is 0 Å². The fraction of sp³-hybridized carbons (Fsp3) is 0. The second-order valence-corrected chi connectivity index (χ2v) is 0.965. The normalized spacial score (nSPS) is 7.50. The van der Waals surface area contributed by atoms with E-state index in [-0.39, 0.29) is 0 Å². The molecule has 0 fully saturated rings. The zero-order chi connectivity index (χ0) is 6.57. The van der Waals surface area contributed by atoms with Crippen molar-refractivity contribution in [1.82, 2.24) is 5.32 Å². The molecule has 1 N–H and O–H groups in total. The first kappa shape index (κ1) is 6.68. The zero-order valence-electron chi connectivity index (χ0n) is 4.01. The SMILES string of the molecule is C=CNC(=O)C(=O)[O-]. The van der Waals surface area contributed by atoms with E-state index in [4.69, 9.17) is 0 Å². The predicted molar refractivity (Wildman–Crippen MR) is 23.3 cm³/mol. The molecule has 4 heteroatoms. The first-order chi connectivity index (χ1) is 3.68. The Morgan fingerprint density at radius 1 is 1.62 bits per heavy atom. The molecule has 0 unspecified atom stereocenters. The molecule has 0 saturated heterocycles. The van der Waals surface area contributed by atoms with Crippen LogP contribution < -0.4 is 10.4 Å². The van der Waals surface area contributed by atoms with Crippen molar-refractivity contribution in [3.63, 3.8) is 0 Å². The highest BCUT2D eigenvalue weighted by molar-refractivity contribution is 6.30. The Labute approximate surface area is 45.8 Å². The first-order valence-corrected chi connectivity index (χ1v) is 1.81. The van der Waals surface area contributed by atoms with E-state index in [0.29, 0.717) is 0 Å². The van der Waals surface area contributed by atoms with Gasteiger partial charge in [-0.25, -0.2) is 0 Å². The fourth-order valence-electron chi connectivity index (χ4n) is 0.152. The molecule has 4 nitrogen and oxygen atoms in total. The van der Waals surface area contributed by atoms with Crippen molar-refractivity contribution >= 4 is 11.9 Å². The third-order valence-electron chi connectivity index (χ3n) is 0.419. The summed E-state index contributed by atoms with van der Waals surface area (Å²) in [5.41, 5.74) is 0. The highest BCUT2D eigenvalue weighted by atomic mass is 16.4. The molecule has 0 atom stereocenters. The highest BCUT2D eigenvalue weighted by Gasteiger charge is 1.94. The van der Waals surface area contributed by atoms with Gasteiger partial charge in [-0.3, -0.25) is 4.79 Å². The number of nitrogens with one attached hydrogen (secondary N) is 1. The van der Waals surface area contributed by atoms with Crippen molar-refractivity contribution in [2.24, 2.45) is 0 Å². The van der Waals surface area contributed by atoms with Crippen molar-refractivity contribution in [3.05, 3.63) is 12.8 Å². The number of carbonyl (C=O) groups excluding carboxylic acids is 2. The van der Waals surface area contributed by atoms with Crippen LogP contribution in [0.1, 0.15) is 0 Å². The molecule has 0 aromatic heterocycles. The van der Waals surface area contributed by atoms with E-state index in [1.54, 1.807) is 0 Å². The van der Waals surface area contributed by atoms with Gasteiger partial charge in [-0.05, 0) is 6.20 Å². The smallest absolute Gasteiger partial charge is 0.270 e. The Morgan fingerprint density at radius 2 is 2.12 bits per heavy atom. The number of carboxylic acid groups (broad SMARTS) is 1. The number of carboxylic acids is 1. The summed E-state index contributed by atoms with van der Waals surface area (Å²) in [6, 6.07) is 0. The molecule has 0 spiro atoms. The molecule has 1 amide bonds. The summed E-state index contributed by atoms with van der Waals surface area (Å²) in [5.74, 6) is -2.94. The summed E-state index contributed by atoms with van der Waals surface area (Å²) >= 11 is 0. The fourth-order valence-corrected chi connectivity index (χ4v) is 0.152. The monoisotopic (exact) mass is 114 g/mol. The number of hydrogen-bond acceptors (Lipinski definition) is 3. The molecule has 8 heavy (non-hydrogen) atoms. The highest BCUT2D eigenvalue weighted by Crippen LogP contribution is 1.58. The minimum atomic E-state index is -1.76. The lowest BCUT2D eigenvalue weighted by atomic mass is 10.6. The van der Waals surface area contributed by atoms with Crippen LogP contribution in [-0.2, 0) is 9.59 Å². The maximum atomic E-state index is 9.90. The summed E-state index contributed by atoms with van der Waals surface area (Å²) in [6.45, 7) is 3.06. The summed E-state index contributed by atoms with van der Waals surface area (Å²) in [5, 5.41) is 11.3. The minimum Gasteiger partial charge on any atom is -0.540 e.